The first-order valence-electron chi connectivity index (χ1n) is 9.32. The van der Waals surface area contributed by atoms with Gasteiger partial charge in [-0.15, -0.1) is 0 Å². The Morgan fingerprint density at radius 2 is 1.76 bits per heavy atom. The number of fused-ring (bicyclic) bond motifs is 1. The Kier molecular flexibility index (Phi) is 4.59. The third-order valence-corrected chi connectivity index (χ3v) is 5.25. The molecule has 0 saturated carbocycles. The van der Waals surface area contributed by atoms with Crippen LogP contribution < -0.4 is 5.73 Å². The molecule has 0 radical (unpaired) electrons. The number of carbonyl (C=O) groups is 1. The normalized spacial score (nSPS) is 11.1. The number of aromatic hydroxyl groups is 1. The lowest BCUT2D eigenvalue weighted by molar-refractivity contribution is 0.103. The topological polar surface area (TPSA) is 68.2 Å². The summed E-state index contributed by atoms with van der Waals surface area (Å²) in [4.78, 5) is 12.8. The molecule has 5 heteroatoms. The van der Waals surface area contributed by atoms with Crippen LogP contribution in [0.15, 0.2) is 60.7 Å². The van der Waals surface area contributed by atoms with Gasteiger partial charge >= 0.3 is 0 Å². The lowest BCUT2D eigenvalue weighted by Crippen LogP contribution is -2.06. The van der Waals surface area contributed by atoms with Crippen molar-refractivity contribution in [2.75, 3.05) is 5.73 Å². The van der Waals surface area contributed by atoms with Crippen LogP contribution in [0, 0.1) is 19.7 Å². The molecule has 0 amide bonds. The number of carbonyl (C=O) groups excluding carboxylic acids is 1. The summed E-state index contributed by atoms with van der Waals surface area (Å²) in [6, 6.07) is 16.3. The molecule has 4 nitrogen and oxygen atoms in total. The molecule has 29 heavy (non-hydrogen) atoms. The summed E-state index contributed by atoms with van der Waals surface area (Å²) in [7, 11) is 0. The van der Waals surface area contributed by atoms with Gasteiger partial charge in [0.1, 0.15) is 11.6 Å². The Balaban J connectivity index is 1.75. The number of benzene rings is 3. The number of phenolic OH excluding ortho intramolecular Hbond substituents is 1. The molecule has 0 atom stereocenters. The highest BCUT2D eigenvalue weighted by atomic mass is 19.1. The number of nitrogens with zero attached hydrogens (tertiary/aromatic N) is 1. The molecule has 0 saturated heterocycles. The maximum absolute atomic E-state index is 13.2. The number of aromatic nitrogens is 1. The van der Waals surface area contributed by atoms with Gasteiger partial charge in [-0.25, -0.2) is 4.39 Å². The van der Waals surface area contributed by atoms with Gasteiger partial charge in [0.25, 0.3) is 0 Å². The van der Waals surface area contributed by atoms with E-state index >= 15 is 0 Å². The lowest BCUT2D eigenvalue weighted by atomic mass is 10.00. The van der Waals surface area contributed by atoms with Gasteiger partial charge < -0.3 is 15.4 Å². The minimum atomic E-state index is -0.413. The molecule has 3 aromatic carbocycles. The van der Waals surface area contributed by atoms with Crippen molar-refractivity contribution in [2.24, 2.45) is 0 Å². The highest BCUT2D eigenvalue weighted by Gasteiger charge is 2.16. The molecule has 0 spiro atoms. The van der Waals surface area contributed by atoms with E-state index in [-0.39, 0.29) is 17.1 Å². The predicted molar refractivity (Wildman–Crippen MR) is 113 cm³/mol. The number of aryl methyl sites for hydroxylation is 2. The second-order valence-electron chi connectivity index (χ2n) is 7.29. The van der Waals surface area contributed by atoms with Crippen LogP contribution in [0.25, 0.3) is 10.9 Å². The minimum absolute atomic E-state index is 0.0995. The number of hydrogen-bond acceptors (Lipinski definition) is 3. The summed E-state index contributed by atoms with van der Waals surface area (Å²) < 4.78 is 15.3. The zero-order valence-corrected chi connectivity index (χ0v) is 16.2. The number of halogens is 1. The molecular weight excluding hydrogens is 367 g/mol. The van der Waals surface area contributed by atoms with Crippen LogP contribution in [0.3, 0.4) is 0 Å². The zero-order chi connectivity index (χ0) is 20.7. The zero-order valence-electron chi connectivity index (χ0n) is 16.2. The molecule has 1 aromatic heterocycles. The van der Waals surface area contributed by atoms with Crippen LogP contribution in [0.4, 0.5) is 10.1 Å². The van der Waals surface area contributed by atoms with Crippen molar-refractivity contribution in [3.63, 3.8) is 0 Å². The van der Waals surface area contributed by atoms with Gasteiger partial charge in [0.2, 0.25) is 0 Å². The molecule has 0 fully saturated rings. The number of nitrogen functional groups attached to an aromatic ring is 1. The third-order valence-electron chi connectivity index (χ3n) is 5.25. The fourth-order valence-corrected chi connectivity index (χ4v) is 3.71. The van der Waals surface area contributed by atoms with Crippen LogP contribution >= 0.6 is 0 Å². The molecule has 4 rings (SSSR count). The largest absolute Gasteiger partial charge is 0.507 e. The standard InChI is InChI=1S/C24H21FN2O2/c1-14-3-9-21(26)19-11-15(2)27(23(14)19)13-16-4-10-22(28)20(12-16)24(29)17-5-7-18(25)8-6-17/h3-12,28H,13,26H2,1-2H3. The van der Waals surface area contributed by atoms with Crippen LogP contribution in [0.5, 0.6) is 5.75 Å². The maximum Gasteiger partial charge on any atom is 0.196 e. The monoisotopic (exact) mass is 388 g/mol. The average Bonchev–Trinajstić information content (AvgIpc) is 3.04. The Labute approximate surface area is 168 Å². The first-order chi connectivity index (χ1) is 13.8. The minimum Gasteiger partial charge on any atom is -0.507 e. The van der Waals surface area contributed by atoms with Crippen molar-refractivity contribution >= 4 is 22.4 Å². The van der Waals surface area contributed by atoms with E-state index in [1.54, 1.807) is 12.1 Å². The van der Waals surface area contributed by atoms with Gasteiger partial charge in [0, 0.05) is 28.9 Å². The van der Waals surface area contributed by atoms with Crippen molar-refractivity contribution in [2.45, 2.75) is 20.4 Å². The fraction of sp³-hybridized carbons (Fsp3) is 0.125. The molecule has 0 bridgehead atoms. The van der Waals surface area contributed by atoms with Crippen molar-refractivity contribution in [3.05, 3.63) is 94.4 Å². The quantitative estimate of drug-likeness (QED) is 0.383. The molecule has 0 aliphatic heterocycles. The second kappa shape index (κ2) is 7.09. The maximum atomic E-state index is 13.2. The second-order valence-corrected chi connectivity index (χ2v) is 7.29. The molecule has 3 N–H and O–H groups in total. The first kappa shape index (κ1) is 18.7. The van der Waals surface area contributed by atoms with Gasteiger partial charge in [-0.2, -0.15) is 0 Å². The van der Waals surface area contributed by atoms with E-state index in [1.165, 1.54) is 30.3 Å². The number of phenols is 1. The number of nitrogens with two attached hydrogens (primary N) is 1. The number of ketones is 1. The smallest absolute Gasteiger partial charge is 0.196 e. The van der Waals surface area contributed by atoms with Crippen LogP contribution in [0.1, 0.15) is 32.7 Å². The Morgan fingerprint density at radius 1 is 1.03 bits per heavy atom. The number of anilines is 1. The van der Waals surface area contributed by atoms with Crippen molar-refractivity contribution in [3.8, 4) is 5.75 Å². The van der Waals surface area contributed by atoms with E-state index in [0.717, 1.165) is 33.4 Å². The molecule has 0 aliphatic carbocycles. The number of rotatable bonds is 4. The van der Waals surface area contributed by atoms with Gasteiger partial charge in [-0.05, 0) is 73.5 Å². The Hall–Kier alpha value is -3.60. The Morgan fingerprint density at radius 3 is 2.48 bits per heavy atom. The highest BCUT2D eigenvalue weighted by Crippen LogP contribution is 2.30. The third kappa shape index (κ3) is 3.36. The molecule has 0 aliphatic rings. The van der Waals surface area contributed by atoms with Crippen LogP contribution in [0.2, 0.25) is 0 Å². The molecule has 146 valence electrons. The molecule has 1 heterocycles. The predicted octanol–water partition coefficient (Wildman–Crippen LogP) is 4.96. The van der Waals surface area contributed by atoms with Crippen molar-refractivity contribution in [1.29, 1.82) is 0 Å². The average molecular weight is 388 g/mol. The summed E-state index contributed by atoms with van der Waals surface area (Å²) in [5, 5.41) is 11.2. The molecule has 4 aromatic rings. The lowest BCUT2D eigenvalue weighted by Gasteiger charge is -2.13. The van der Waals surface area contributed by atoms with Gasteiger partial charge in [-0.1, -0.05) is 12.1 Å². The van der Waals surface area contributed by atoms with Crippen molar-refractivity contribution < 1.29 is 14.3 Å². The van der Waals surface area contributed by atoms with E-state index in [0.29, 0.717) is 12.1 Å². The van der Waals surface area contributed by atoms with E-state index < -0.39 is 5.82 Å². The van der Waals surface area contributed by atoms with Crippen LogP contribution in [-0.2, 0) is 6.54 Å². The molecule has 0 unspecified atom stereocenters. The van der Waals surface area contributed by atoms with E-state index in [2.05, 4.69) is 10.6 Å². The highest BCUT2D eigenvalue weighted by molar-refractivity contribution is 6.10. The summed E-state index contributed by atoms with van der Waals surface area (Å²) in [5.41, 5.74) is 11.5. The molecular formula is C24H21FN2O2. The Bertz CT molecular complexity index is 1240. The van der Waals surface area contributed by atoms with Crippen molar-refractivity contribution in [1.82, 2.24) is 4.57 Å². The SMILES string of the molecule is Cc1ccc(N)c2cc(C)n(Cc3ccc(O)c(C(=O)c4ccc(F)cc4)c3)c12. The van der Waals surface area contributed by atoms with Gasteiger partial charge in [0.05, 0.1) is 11.1 Å². The fourth-order valence-electron chi connectivity index (χ4n) is 3.71. The summed E-state index contributed by atoms with van der Waals surface area (Å²) >= 11 is 0. The van der Waals surface area contributed by atoms with Crippen LogP contribution in [-0.4, -0.2) is 15.5 Å². The first-order valence-corrected chi connectivity index (χ1v) is 9.32. The van der Waals surface area contributed by atoms with Gasteiger partial charge in [0.15, 0.2) is 5.78 Å². The van der Waals surface area contributed by atoms with Gasteiger partial charge in [-0.3, -0.25) is 4.79 Å². The van der Waals surface area contributed by atoms with E-state index in [4.69, 9.17) is 5.73 Å². The van der Waals surface area contributed by atoms with E-state index in [1.807, 2.05) is 26.0 Å². The van der Waals surface area contributed by atoms with E-state index in [9.17, 15) is 14.3 Å². The summed E-state index contributed by atoms with van der Waals surface area (Å²) in [5.74, 6) is -0.861. The number of hydrogen-bond donors (Lipinski definition) is 2. The summed E-state index contributed by atoms with van der Waals surface area (Å²) in [6.07, 6.45) is 0. The summed E-state index contributed by atoms with van der Waals surface area (Å²) in [6.45, 7) is 4.59.